The van der Waals surface area contributed by atoms with Crippen LogP contribution in [0.15, 0.2) is 28.4 Å². The van der Waals surface area contributed by atoms with Gasteiger partial charge in [0.2, 0.25) is 0 Å². The molecule has 0 aliphatic heterocycles. The molecular formula is C18H21N3OS. The maximum Gasteiger partial charge on any atom is 0.260 e. The van der Waals surface area contributed by atoms with E-state index in [1.807, 2.05) is 5.38 Å². The Morgan fingerprint density at radius 3 is 2.74 bits per heavy atom. The molecule has 4 nitrogen and oxygen atoms in total. The van der Waals surface area contributed by atoms with Gasteiger partial charge in [0.05, 0.1) is 11.9 Å². The van der Waals surface area contributed by atoms with Gasteiger partial charge < -0.3 is 10.3 Å². The van der Waals surface area contributed by atoms with Crippen LogP contribution >= 0.6 is 11.3 Å². The summed E-state index contributed by atoms with van der Waals surface area (Å²) in [6.07, 6.45) is 0. The number of hydrogen-bond acceptors (Lipinski definition) is 4. The second-order valence-corrected chi connectivity index (χ2v) is 7.03. The molecule has 3 aromatic rings. The van der Waals surface area contributed by atoms with Crippen molar-refractivity contribution in [2.75, 3.05) is 0 Å². The number of aryl methyl sites for hydroxylation is 2. The molecule has 0 unspecified atom stereocenters. The van der Waals surface area contributed by atoms with Crippen LogP contribution in [0.5, 0.6) is 0 Å². The predicted octanol–water partition coefficient (Wildman–Crippen LogP) is 3.77. The van der Waals surface area contributed by atoms with Gasteiger partial charge in [-0.25, -0.2) is 4.98 Å². The van der Waals surface area contributed by atoms with Gasteiger partial charge in [-0.3, -0.25) is 4.79 Å². The van der Waals surface area contributed by atoms with Crippen LogP contribution in [0, 0.1) is 13.8 Å². The normalized spacial score (nSPS) is 11.5. The molecule has 23 heavy (non-hydrogen) atoms. The van der Waals surface area contributed by atoms with Crippen LogP contribution in [-0.2, 0) is 6.54 Å². The fourth-order valence-electron chi connectivity index (χ4n) is 2.50. The van der Waals surface area contributed by atoms with Crippen LogP contribution in [0.3, 0.4) is 0 Å². The molecular weight excluding hydrogens is 306 g/mol. The third-order valence-corrected chi connectivity index (χ3v) is 4.86. The molecule has 0 saturated carbocycles. The average molecular weight is 327 g/mol. The fraction of sp³-hybridized carbons (Fsp3) is 0.333. The molecule has 2 N–H and O–H groups in total. The van der Waals surface area contributed by atoms with Gasteiger partial charge in [0.1, 0.15) is 10.7 Å². The van der Waals surface area contributed by atoms with Gasteiger partial charge in [-0.05, 0) is 30.5 Å². The molecule has 0 aliphatic rings. The number of rotatable bonds is 4. The summed E-state index contributed by atoms with van der Waals surface area (Å²) in [5.41, 5.74) is 4.45. The first kappa shape index (κ1) is 15.9. The highest BCUT2D eigenvalue weighted by molar-refractivity contribution is 7.17. The van der Waals surface area contributed by atoms with Crippen molar-refractivity contribution in [2.45, 2.75) is 40.3 Å². The van der Waals surface area contributed by atoms with Gasteiger partial charge in [0.25, 0.3) is 5.56 Å². The van der Waals surface area contributed by atoms with E-state index in [2.05, 4.69) is 61.2 Å². The minimum absolute atomic E-state index is 0.0648. The molecule has 2 heterocycles. The average Bonchev–Trinajstić information content (AvgIpc) is 2.92. The number of nitrogens with one attached hydrogen (secondary N) is 2. The van der Waals surface area contributed by atoms with Crippen LogP contribution in [0.2, 0.25) is 0 Å². The number of aromatic nitrogens is 2. The molecule has 0 bridgehead atoms. The molecule has 1 aromatic carbocycles. The van der Waals surface area contributed by atoms with Gasteiger partial charge >= 0.3 is 0 Å². The Morgan fingerprint density at radius 1 is 1.26 bits per heavy atom. The number of benzene rings is 1. The third kappa shape index (κ3) is 3.21. The molecule has 0 amide bonds. The molecule has 5 heteroatoms. The highest BCUT2D eigenvalue weighted by Crippen LogP contribution is 2.31. The van der Waals surface area contributed by atoms with Crippen LogP contribution in [-0.4, -0.2) is 16.0 Å². The summed E-state index contributed by atoms with van der Waals surface area (Å²) >= 11 is 1.52. The molecule has 2 aromatic heterocycles. The maximum absolute atomic E-state index is 12.5. The van der Waals surface area contributed by atoms with Gasteiger partial charge in [-0.15, -0.1) is 11.3 Å². The van der Waals surface area contributed by atoms with Crippen molar-refractivity contribution in [3.8, 4) is 11.1 Å². The maximum atomic E-state index is 12.5. The quantitative estimate of drug-likeness (QED) is 0.767. The summed E-state index contributed by atoms with van der Waals surface area (Å²) in [7, 11) is 0. The number of H-pyrrole nitrogens is 1. The van der Waals surface area contributed by atoms with Crippen molar-refractivity contribution in [3.63, 3.8) is 0 Å². The first-order valence-electron chi connectivity index (χ1n) is 7.77. The summed E-state index contributed by atoms with van der Waals surface area (Å²) < 4.78 is 0. The standard InChI is InChI=1S/C18H21N3OS/c1-10(2)19-8-15-20-17(22)16-14(9-23-18(16)21-15)13-6-5-11(3)12(4)7-13/h5-7,9-10,19H,8H2,1-4H3,(H,20,21,22). The summed E-state index contributed by atoms with van der Waals surface area (Å²) in [5.74, 6) is 0.685. The van der Waals surface area contributed by atoms with Crippen molar-refractivity contribution in [1.82, 2.24) is 15.3 Å². The zero-order valence-corrected chi connectivity index (χ0v) is 14.7. The van der Waals surface area contributed by atoms with E-state index in [0.717, 1.165) is 16.0 Å². The van der Waals surface area contributed by atoms with Gasteiger partial charge in [-0.2, -0.15) is 0 Å². The second kappa shape index (κ2) is 6.26. The Kier molecular flexibility index (Phi) is 4.33. The molecule has 0 spiro atoms. The Hall–Kier alpha value is -1.98. The fourth-order valence-corrected chi connectivity index (χ4v) is 3.47. The summed E-state index contributed by atoms with van der Waals surface area (Å²) in [5, 5.41) is 5.99. The molecule has 0 aliphatic carbocycles. The van der Waals surface area contributed by atoms with E-state index in [0.29, 0.717) is 23.8 Å². The Labute approximate surface area is 139 Å². The number of aromatic amines is 1. The highest BCUT2D eigenvalue weighted by Gasteiger charge is 2.13. The van der Waals surface area contributed by atoms with Crippen LogP contribution in [0.4, 0.5) is 0 Å². The monoisotopic (exact) mass is 327 g/mol. The van der Waals surface area contributed by atoms with Crippen molar-refractivity contribution in [3.05, 3.63) is 50.9 Å². The molecule has 120 valence electrons. The molecule has 0 fully saturated rings. The van der Waals surface area contributed by atoms with Gasteiger partial charge in [0, 0.05) is 17.0 Å². The minimum Gasteiger partial charge on any atom is -0.309 e. The van der Waals surface area contributed by atoms with Crippen molar-refractivity contribution in [1.29, 1.82) is 0 Å². The van der Waals surface area contributed by atoms with Crippen LogP contribution < -0.4 is 10.9 Å². The predicted molar refractivity (Wildman–Crippen MR) is 97.1 cm³/mol. The van der Waals surface area contributed by atoms with Crippen molar-refractivity contribution in [2.24, 2.45) is 0 Å². The Balaban J connectivity index is 2.07. The van der Waals surface area contributed by atoms with E-state index in [9.17, 15) is 4.79 Å². The van der Waals surface area contributed by atoms with E-state index in [4.69, 9.17) is 0 Å². The van der Waals surface area contributed by atoms with E-state index >= 15 is 0 Å². The lowest BCUT2D eigenvalue weighted by Crippen LogP contribution is -2.24. The number of hydrogen-bond donors (Lipinski definition) is 2. The number of thiophene rings is 1. The largest absolute Gasteiger partial charge is 0.309 e. The summed E-state index contributed by atoms with van der Waals surface area (Å²) in [4.78, 5) is 20.8. The van der Waals surface area contributed by atoms with Crippen molar-refractivity contribution < 1.29 is 0 Å². The first-order chi connectivity index (χ1) is 11.0. The van der Waals surface area contributed by atoms with Crippen LogP contribution in [0.25, 0.3) is 21.3 Å². The van der Waals surface area contributed by atoms with Crippen molar-refractivity contribution >= 4 is 21.6 Å². The smallest absolute Gasteiger partial charge is 0.260 e. The van der Waals surface area contributed by atoms with E-state index < -0.39 is 0 Å². The topological polar surface area (TPSA) is 57.8 Å². The molecule has 0 saturated heterocycles. The minimum atomic E-state index is -0.0648. The second-order valence-electron chi connectivity index (χ2n) is 6.18. The molecule has 0 radical (unpaired) electrons. The van der Waals surface area contributed by atoms with E-state index in [1.165, 1.54) is 22.5 Å². The lowest BCUT2D eigenvalue weighted by Gasteiger charge is -2.07. The SMILES string of the molecule is Cc1ccc(-c2csc3nc(CNC(C)C)[nH]c(=O)c23)cc1C. The zero-order chi connectivity index (χ0) is 16.6. The lowest BCUT2D eigenvalue weighted by molar-refractivity contribution is 0.573. The van der Waals surface area contributed by atoms with Gasteiger partial charge in [-0.1, -0.05) is 32.0 Å². The number of nitrogens with zero attached hydrogens (tertiary/aromatic N) is 1. The van der Waals surface area contributed by atoms with E-state index in [1.54, 1.807) is 0 Å². The Morgan fingerprint density at radius 2 is 2.04 bits per heavy atom. The zero-order valence-electron chi connectivity index (χ0n) is 13.9. The summed E-state index contributed by atoms with van der Waals surface area (Å²) in [6.45, 7) is 8.89. The van der Waals surface area contributed by atoms with E-state index in [-0.39, 0.29) is 5.56 Å². The molecule has 3 rings (SSSR count). The van der Waals surface area contributed by atoms with Crippen LogP contribution in [0.1, 0.15) is 30.8 Å². The van der Waals surface area contributed by atoms with Gasteiger partial charge in [0.15, 0.2) is 0 Å². The third-order valence-electron chi connectivity index (χ3n) is 3.99. The summed E-state index contributed by atoms with van der Waals surface area (Å²) in [6, 6.07) is 6.64. The lowest BCUT2D eigenvalue weighted by atomic mass is 10.0. The Bertz CT molecular complexity index is 908. The number of fused-ring (bicyclic) bond motifs is 1. The first-order valence-corrected chi connectivity index (χ1v) is 8.65. The molecule has 0 atom stereocenters. The highest BCUT2D eigenvalue weighted by atomic mass is 32.1.